The molecule has 8 heteroatoms. The topological polar surface area (TPSA) is 46.1 Å². The molecule has 0 saturated carbocycles. The van der Waals surface area contributed by atoms with E-state index in [1.54, 1.807) is 12.3 Å². The zero-order valence-electron chi connectivity index (χ0n) is 15.2. The molecule has 0 fully saturated rings. The number of carbonyl (C=O) groups is 1. The molecule has 0 spiro atoms. The molecule has 0 aliphatic heterocycles. The van der Waals surface area contributed by atoms with Crippen LogP contribution in [0.2, 0.25) is 0 Å². The van der Waals surface area contributed by atoms with Crippen molar-refractivity contribution in [1.29, 1.82) is 0 Å². The van der Waals surface area contributed by atoms with E-state index >= 15 is 0 Å². The number of thiazole rings is 2. The number of rotatable bonds is 7. The summed E-state index contributed by atoms with van der Waals surface area (Å²) in [5.41, 5.74) is 3.20. The molecule has 0 radical (unpaired) electrons. The molecular formula is C19H19F2N3OS2. The molecule has 0 saturated heterocycles. The third kappa shape index (κ3) is 4.75. The smallest absolute Gasteiger partial charge is 0.289 e. The summed E-state index contributed by atoms with van der Waals surface area (Å²) in [6, 6.07) is 7.87. The van der Waals surface area contributed by atoms with E-state index in [1.807, 2.05) is 43.3 Å². The normalized spacial score (nSPS) is 11.2. The quantitative estimate of drug-likeness (QED) is 0.557. The van der Waals surface area contributed by atoms with Crippen LogP contribution < -0.4 is 4.90 Å². The fourth-order valence-electron chi connectivity index (χ4n) is 2.62. The van der Waals surface area contributed by atoms with Crippen molar-refractivity contribution in [2.45, 2.75) is 26.2 Å². The second-order valence-electron chi connectivity index (χ2n) is 6.35. The molecule has 2 aromatic heterocycles. The van der Waals surface area contributed by atoms with Crippen LogP contribution in [0.4, 0.5) is 14.5 Å². The fourth-order valence-corrected chi connectivity index (χ4v) is 4.39. The van der Waals surface area contributed by atoms with Crippen LogP contribution in [-0.4, -0.2) is 29.8 Å². The van der Waals surface area contributed by atoms with Crippen LogP contribution in [0.3, 0.4) is 0 Å². The van der Waals surface area contributed by atoms with Crippen LogP contribution in [0.1, 0.15) is 27.7 Å². The Labute approximate surface area is 164 Å². The maximum Gasteiger partial charge on any atom is 0.289 e. The van der Waals surface area contributed by atoms with Gasteiger partial charge >= 0.3 is 0 Å². The number of nitrogens with zero attached hydrogens (tertiary/aromatic N) is 3. The van der Waals surface area contributed by atoms with Gasteiger partial charge in [0.25, 0.3) is 6.43 Å². The molecule has 1 aromatic carbocycles. The second kappa shape index (κ2) is 8.22. The van der Waals surface area contributed by atoms with Crippen LogP contribution in [0.15, 0.2) is 29.6 Å². The third-order valence-corrected chi connectivity index (χ3v) is 6.02. The van der Waals surface area contributed by atoms with Gasteiger partial charge in [0.2, 0.25) is 0 Å². The van der Waals surface area contributed by atoms with E-state index in [0.29, 0.717) is 27.7 Å². The van der Waals surface area contributed by atoms with Gasteiger partial charge in [-0.15, -0.1) is 22.7 Å². The number of Topliss-reactive ketones (excluding diaryl/α,β-unsaturated/α-hetero) is 1. The Hall–Kier alpha value is -2.19. The molecule has 0 aliphatic rings. The molecule has 27 heavy (non-hydrogen) atoms. The number of carbonyl (C=O) groups excluding carboxylic acids is 1. The van der Waals surface area contributed by atoms with E-state index in [9.17, 15) is 13.6 Å². The molecule has 0 aliphatic carbocycles. The van der Waals surface area contributed by atoms with Crippen LogP contribution in [0.25, 0.3) is 10.6 Å². The fraction of sp³-hybridized carbons (Fsp3) is 0.316. The number of hydrogen-bond acceptors (Lipinski definition) is 6. The van der Waals surface area contributed by atoms with E-state index < -0.39 is 6.43 Å². The van der Waals surface area contributed by atoms with Gasteiger partial charge in [-0.2, -0.15) is 0 Å². The van der Waals surface area contributed by atoms with Crippen molar-refractivity contribution in [2.24, 2.45) is 0 Å². The number of hydrogen-bond donors (Lipinski definition) is 0. The van der Waals surface area contributed by atoms with E-state index in [-0.39, 0.29) is 17.2 Å². The van der Waals surface area contributed by atoms with Gasteiger partial charge in [0.05, 0.1) is 22.7 Å². The van der Waals surface area contributed by atoms with Gasteiger partial charge in [-0.1, -0.05) is 12.1 Å². The van der Waals surface area contributed by atoms with Crippen LogP contribution in [0, 0.1) is 6.92 Å². The summed E-state index contributed by atoms with van der Waals surface area (Å²) < 4.78 is 25.6. The lowest BCUT2D eigenvalue weighted by atomic mass is 10.1. The van der Waals surface area contributed by atoms with Gasteiger partial charge in [0, 0.05) is 31.6 Å². The molecule has 0 amide bonds. The summed E-state index contributed by atoms with van der Waals surface area (Å²) in [6.07, 6.45) is -2.00. The number of aryl methyl sites for hydroxylation is 1. The molecule has 3 aromatic rings. The minimum Gasteiger partial charge on any atom is -0.378 e. The first-order chi connectivity index (χ1) is 12.8. The monoisotopic (exact) mass is 407 g/mol. The number of halogens is 2. The largest absolute Gasteiger partial charge is 0.378 e. The lowest BCUT2D eigenvalue weighted by molar-refractivity contribution is -0.117. The molecule has 2 heterocycles. The highest BCUT2D eigenvalue weighted by atomic mass is 32.1. The summed E-state index contributed by atoms with van der Waals surface area (Å²) in [5.74, 6) is 0.0720. The Morgan fingerprint density at radius 2 is 1.85 bits per heavy atom. The van der Waals surface area contributed by atoms with Crippen LogP contribution >= 0.6 is 22.7 Å². The lowest BCUT2D eigenvalue weighted by Crippen LogP contribution is -2.09. The third-order valence-electron chi connectivity index (χ3n) is 3.99. The Bertz CT molecular complexity index is 933. The Balaban J connectivity index is 1.66. The summed E-state index contributed by atoms with van der Waals surface area (Å²) >= 11 is 2.32. The van der Waals surface area contributed by atoms with Gasteiger partial charge < -0.3 is 4.90 Å². The van der Waals surface area contributed by atoms with Gasteiger partial charge in [0.15, 0.2) is 5.01 Å². The number of ketones is 1. The van der Waals surface area contributed by atoms with Crippen LogP contribution in [0.5, 0.6) is 0 Å². The lowest BCUT2D eigenvalue weighted by Gasteiger charge is -2.12. The van der Waals surface area contributed by atoms with E-state index in [0.717, 1.165) is 22.6 Å². The van der Waals surface area contributed by atoms with Crippen molar-refractivity contribution in [2.75, 3.05) is 19.0 Å². The highest BCUT2D eigenvalue weighted by molar-refractivity contribution is 7.16. The Morgan fingerprint density at radius 3 is 2.44 bits per heavy atom. The van der Waals surface area contributed by atoms with Crippen molar-refractivity contribution in [3.8, 4) is 10.6 Å². The van der Waals surface area contributed by atoms with Gasteiger partial charge in [-0.3, -0.25) is 4.79 Å². The molecule has 142 valence electrons. The first-order valence-corrected chi connectivity index (χ1v) is 10.0. The standard InChI is InChI=1S/C19H19F2N3OS2/c1-11-17(27-19(22-11)18(20)21)15-10-26-16(23-15)9-14(25)8-12-4-6-13(7-5-12)24(2)3/h4-7,10,18H,8-9H2,1-3H3. The first-order valence-electron chi connectivity index (χ1n) is 8.31. The molecule has 4 nitrogen and oxygen atoms in total. The number of anilines is 1. The minimum absolute atomic E-state index is 0.0720. The summed E-state index contributed by atoms with van der Waals surface area (Å²) in [5, 5.41) is 2.28. The van der Waals surface area contributed by atoms with Gasteiger partial charge in [0.1, 0.15) is 10.8 Å². The van der Waals surface area contributed by atoms with Crippen molar-refractivity contribution >= 4 is 34.1 Å². The molecular weight excluding hydrogens is 388 g/mol. The highest BCUT2D eigenvalue weighted by Gasteiger charge is 2.19. The molecule has 0 unspecified atom stereocenters. The molecule has 3 rings (SSSR count). The van der Waals surface area contributed by atoms with E-state index in [2.05, 4.69) is 9.97 Å². The SMILES string of the molecule is Cc1nc(C(F)F)sc1-c1csc(CC(=O)Cc2ccc(N(C)C)cc2)n1. The minimum atomic E-state index is -2.58. The van der Waals surface area contributed by atoms with Gasteiger partial charge in [-0.05, 0) is 24.6 Å². The van der Waals surface area contributed by atoms with Gasteiger partial charge in [-0.25, -0.2) is 18.7 Å². The summed E-state index contributed by atoms with van der Waals surface area (Å²) in [4.78, 5) is 23.3. The van der Waals surface area contributed by atoms with Crippen molar-refractivity contribution in [3.05, 3.63) is 50.9 Å². The highest BCUT2D eigenvalue weighted by Crippen LogP contribution is 2.34. The van der Waals surface area contributed by atoms with Crippen molar-refractivity contribution in [3.63, 3.8) is 0 Å². The molecule has 0 atom stereocenters. The predicted octanol–water partition coefficient (Wildman–Crippen LogP) is 4.93. The summed E-state index contributed by atoms with van der Waals surface area (Å²) in [7, 11) is 3.94. The zero-order valence-corrected chi connectivity index (χ0v) is 16.8. The maximum absolute atomic E-state index is 12.8. The number of benzene rings is 1. The first kappa shape index (κ1) is 19.6. The van der Waals surface area contributed by atoms with E-state index in [4.69, 9.17) is 0 Å². The average molecular weight is 408 g/mol. The zero-order chi connectivity index (χ0) is 19.6. The molecule has 0 N–H and O–H groups in total. The Kier molecular flexibility index (Phi) is 5.96. The Morgan fingerprint density at radius 1 is 1.15 bits per heavy atom. The van der Waals surface area contributed by atoms with Crippen molar-refractivity contribution < 1.29 is 13.6 Å². The molecule has 0 bridgehead atoms. The summed E-state index contributed by atoms with van der Waals surface area (Å²) in [6.45, 7) is 1.69. The van der Waals surface area contributed by atoms with Crippen LogP contribution in [-0.2, 0) is 17.6 Å². The number of alkyl halides is 2. The second-order valence-corrected chi connectivity index (χ2v) is 8.32. The van der Waals surface area contributed by atoms with E-state index in [1.165, 1.54) is 11.3 Å². The van der Waals surface area contributed by atoms with Crippen molar-refractivity contribution in [1.82, 2.24) is 9.97 Å². The number of aromatic nitrogens is 2. The predicted molar refractivity (Wildman–Crippen MR) is 106 cm³/mol. The average Bonchev–Trinajstić information content (AvgIpc) is 3.21. The maximum atomic E-state index is 12.8.